The van der Waals surface area contributed by atoms with Crippen molar-refractivity contribution < 1.29 is 24.5 Å². The Morgan fingerprint density at radius 1 is 1.79 bits per heavy atom. The molecule has 0 amide bonds. The molecule has 0 bridgehead atoms. The molecule has 0 fully saturated rings. The molecule has 0 aromatic carbocycles. The summed E-state index contributed by atoms with van der Waals surface area (Å²) in [5.41, 5.74) is 0. The first kappa shape index (κ1) is 11.1. The summed E-state index contributed by atoms with van der Waals surface area (Å²) in [6.07, 6.45) is -0.831. The van der Waals surface area contributed by atoms with Gasteiger partial charge in [-0.05, 0) is 6.08 Å². The Bertz CT molecular complexity index is 252. The van der Waals surface area contributed by atoms with E-state index in [1.54, 1.807) is 0 Å². The minimum atomic E-state index is -1.20. The van der Waals surface area contributed by atoms with Gasteiger partial charge in [-0.2, -0.15) is 0 Å². The molecule has 0 aromatic rings. The fraction of sp³-hybridized carbons (Fsp3) is 0.625. The summed E-state index contributed by atoms with van der Waals surface area (Å²) in [6.45, 7) is 1.10. The second-order valence-electron chi connectivity index (χ2n) is 2.98. The summed E-state index contributed by atoms with van der Waals surface area (Å²) in [4.78, 5) is 10.5. The molecule has 0 aromatic heterocycles. The molecule has 0 aliphatic carbocycles. The van der Waals surface area contributed by atoms with Gasteiger partial charge in [0.2, 0.25) is 0 Å². The molecular weight excluding hydrogens is 187 g/mol. The van der Waals surface area contributed by atoms with Crippen molar-refractivity contribution in [1.82, 2.24) is 0 Å². The predicted octanol–water partition coefficient (Wildman–Crippen LogP) is -0.754. The van der Waals surface area contributed by atoms with Crippen LogP contribution >= 0.6 is 0 Å². The van der Waals surface area contributed by atoms with Gasteiger partial charge in [0, 0.05) is 12.9 Å². The highest BCUT2D eigenvalue weighted by Gasteiger charge is 2.30. The van der Waals surface area contributed by atoms with Crippen molar-refractivity contribution in [1.29, 1.82) is 0 Å². The van der Waals surface area contributed by atoms with E-state index >= 15 is 0 Å². The molecule has 0 saturated carbocycles. The fourth-order valence-electron chi connectivity index (χ4n) is 1.10. The highest BCUT2D eigenvalue weighted by Crippen LogP contribution is 2.16. The summed E-state index contributed by atoms with van der Waals surface area (Å²) in [5.74, 6) is -0.746. The first-order chi connectivity index (χ1) is 6.50. The van der Waals surface area contributed by atoms with Gasteiger partial charge in [0.25, 0.3) is 0 Å². The molecule has 76 valence electrons. The third-order valence-electron chi connectivity index (χ3n) is 1.77. The summed E-state index contributed by atoms with van der Waals surface area (Å²) in [7, 11) is 5.37. The number of aliphatic hydroxyl groups is 2. The van der Waals surface area contributed by atoms with E-state index in [1.165, 1.54) is 13.0 Å². The number of rotatable bonds is 2. The number of carbonyl (C=O) groups excluding carboxylic acids is 1. The average Bonchev–Trinajstić information content (AvgIpc) is 2.08. The Morgan fingerprint density at radius 3 is 3.00 bits per heavy atom. The lowest BCUT2D eigenvalue weighted by Gasteiger charge is -2.29. The number of hydrogen-bond donors (Lipinski definition) is 2. The van der Waals surface area contributed by atoms with E-state index in [0.717, 1.165) is 0 Å². The fourth-order valence-corrected chi connectivity index (χ4v) is 1.10. The van der Waals surface area contributed by atoms with Crippen LogP contribution in [0.3, 0.4) is 0 Å². The molecule has 14 heavy (non-hydrogen) atoms. The number of hydrogen-bond acceptors (Lipinski definition) is 5. The maximum Gasteiger partial charge on any atom is 0.302 e. The van der Waals surface area contributed by atoms with Crippen LogP contribution in [0.4, 0.5) is 0 Å². The van der Waals surface area contributed by atoms with Crippen molar-refractivity contribution in [2.45, 2.75) is 25.1 Å². The van der Waals surface area contributed by atoms with Crippen molar-refractivity contribution in [3.8, 4) is 0 Å². The Hall–Kier alpha value is -1.01. The van der Waals surface area contributed by atoms with E-state index in [9.17, 15) is 15.0 Å². The third kappa shape index (κ3) is 2.75. The summed E-state index contributed by atoms with van der Waals surface area (Å²) < 4.78 is 9.66. The molecule has 1 heterocycles. The molecule has 0 saturated heterocycles. The van der Waals surface area contributed by atoms with Gasteiger partial charge in [0.05, 0.1) is 0 Å². The Kier molecular flexibility index (Phi) is 3.54. The highest BCUT2D eigenvalue weighted by molar-refractivity contribution is 6.12. The standard InChI is InChI=1S/C8H11BO5/c1-4(10)13-3-6-8(12)5(11)2-7(9)14-6/h2,6-8,11-12H,3H2,1H3. The minimum absolute atomic E-state index is 0.137. The van der Waals surface area contributed by atoms with E-state index < -0.39 is 24.2 Å². The van der Waals surface area contributed by atoms with Crippen LogP contribution in [-0.2, 0) is 14.3 Å². The second kappa shape index (κ2) is 4.48. The number of aliphatic hydroxyl groups excluding tert-OH is 2. The van der Waals surface area contributed by atoms with Gasteiger partial charge >= 0.3 is 5.97 Å². The van der Waals surface area contributed by atoms with Crippen LogP contribution in [0.15, 0.2) is 11.8 Å². The minimum Gasteiger partial charge on any atom is -0.510 e. The van der Waals surface area contributed by atoms with Gasteiger partial charge in [-0.25, -0.2) is 0 Å². The molecule has 1 rings (SSSR count). The van der Waals surface area contributed by atoms with Crippen LogP contribution in [0.25, 0.3) is 0 Å². The van der Waals surface area contributed by atoms with E-state index in [4.69, 9.17) is 12.6 Å². The maximum atomic E-state index is 10.5. The highest BCUT2D eigenvalue weighted by atomic mass is 16.6. The largest absolute Gasteiger partial charge is 0.510 e. The van der Waals surface area contributed by atoms with Gasteiger partial charge in [0.15, 0.2) is 0 Å². The number of esters is 1. The molecule has 0 spiro atoms. The van der Waals surface area contributed by atoms with Gasteiger partial charge in [-0.1, -0.05) is 0 Å². The average molecular weight is 198 g/mol. The van der Waals surface area contributed by atoms with Gasteiger partial charge in [0.1, 0.15) is 32.4 Å². The quantitative estimate of drug-likeness (QED) is 0.450. The van der Waals surface area contributed by atoms with Gasteiger partial charge in [-0.3, -0.25) is 4.79 Å². The number of ether oxygens (including phenoxy) is 2. The summed E-state index contributed by atoms with van der Waals surface area (Å²) in [6, 6.07) is -0.793. The first-order valence-corrected chi connectivity index (χ1v) is 4.14. The zero-order valence-corrected chi connectivity index (χ0v) is 7.71. The van der Waals surface area contributed by atoms with E-state index in [0.29, 0.717) is 0 Å². The lowest BCUT2D eigenvalue weighted by atomic mass is 9.94. The van der Waals surface area contributed by atoms with Gasteiger partial charge < -0.3 is 19.7 Å². The predicted molar refractivity (Wildman–Crippen MR) is 47.8 cm³/mol. The van der Waals surface area contributed by atoms with E-state index in [1.807, 2.05) is 0 Å². The number of carbonyl (C=O) groups is 1. The molecule has 2 N–H and O–H groups in total. The molecule has 3 atom stereocenters. The lowest BCUT2D eigenvalue weighted by molar-refractivity contribution is -0.150. The molecular formula is C8H11BO5. The van der Waals surface area contributed by atoms with Crippen LogP contribution in [-0.4, -0.2) is 48.8 Å². The molecule has 1 aliphatic rings. The second-order valence-corrected chi connectivity index (χ2v) is 2.98. The summed E-state index contributed by atoms with van der Waals surface area (Å²) in [5, 5.41) is 18.6. The zero-order chi connectivity index (χ0) is 10.7. The Balaban J connectivity index is 2.54. The molecule has 2 radical (unpaired) electrons. The summed E-state index contributed by atoms with van der Waals surface area (Å²) >= 11 is 0. The topological polar surface area (TPSA) is 76.0 Å². The van der Waals surface area contributed by atoms with E-state index in [-0.39, 0.29) is 12.4 Å². The monoisotopic (exact) mass is 198 g/mol. The normalized spacial score (nSPS) is 32.1. The maximum absolute atomic E-state index is 10.5. The van der Waals surface area contributed by atoms with Crippen molar-refractivity contribution in [3.63, 3.8) is 0 Å². The molecule has 3 unspecified atom stereocenters. The van der Waals surface area contributed by atoms with Crippen molar-refractivity contribution >= 4 is 13.8 Å². The van der Waals surface area contributed by atoms with Crippen LogP contribution in [0.2, 0.25) is 0 Å². The van der Waals surface area contributed by atoms with Crippen molar-refractivity contribution in [2.24, 2.45) is 0 Å². The lowest BCUT2D eigenvalue weighted by Crippen LogP contribution is -2.42. The smallest absolute Gasteiger partial charge is 0.302 e. The molecule has 6 heteroatoms. The Labute approximate surface area is 82.7 Å². The van der Waals surface area contributed by atoms with Crippen molar-refractivity contribution in [3.05, 3.63) is 11.8 Å². The molecule has 1 aliphatic heterocycles. The van der Waals surface area contributed by atoms with Crippen LogP contribution in [0, 0.1) is 0 Å². The van der Waals surface area contributed by atoms with Crippen LogP contribution in [0.1, 0.15) is 6.92 Å². The van der Waals surface area contributed by atoms with Crippen LogP contribution < -0.4 is 0 Å². The van der Waals surface area contributed by atoms with Crippen LogP contribution in [0.5, 0.6) is 0 Å². The SMILES string of the molecule is [B]C1C=C(O)C(O)C(COC(C)=O)O1. The van der Waals surface area contributed by atoms with Gasteiger partial charge in [-0.15, -0.1) is 0 Å². The van der Waals surface area contributed by atoms with E-state index in [2.05, 4.69) is 4.74 Å². The third-order valence-corrected chi connectivity index (χ3v) is 1.77. The zero-order valence-electron chi connectivity index (χ0n) is 7.71. The Morgan fingerprint density at radius 2 is 2.43 bits per heavy atom. The first-order valence-electron chi connectivity index (χ1n) is 4.14. The van der Waals surface area contributed by atoms with Crippen molar-refractivity contribution in [2.75, 3.05) is 6.61 Å². The molecule has 5 nitrogen and oxygen atoms in total.